The van der Waals surface area contributed by atoms with E-state index in [0.717, 1.165) is 19.3 Å². The Morgan fingerprint density at radius 1 is 0.889 bits per heavy atom. The molecular formula is C13H28O5. The molecule has 0 aromatic rings. The Hall–Kier alpha value is -0.200. The van der Waals surface area contributed by atoms with Crippen molar-refractivity contribution in [2.45, 2.75) is 58.5 Å². The number of ether oxygens (including phenoxy) is 3. The maximum absolute atomic E-state index is 9.09. The second kappa shape index (κ2) is 11.9. The van der Waals surface area contributed by atoms with E-state index in [0.29, 0.717) is 26.4 Å². The summed E-state index contributed by atoms with van der Waals surface area (Å²) in [5.41, 5.74) is 0. The first kappa shape index (κ1) is 17.8. The molecule has 0 aliphatic rings. The van der Waals surface area contributed by atoms with Gasteiger partial charge < -0.3 is 24.4 Å². The van der Waals surface area contributed by atoms with Gasteiger partial charge in [-0.1, -0.05) is 6.92 Å². The van der Waals surface area contributed by atoms with Crippen LogP contribution in [0.15, 0.2) is 0 Å². The van der Waals surface area contributed by atoms with Crippen LogP contribution in [0.4, 0.5) is 0 Å². The number of hydrogen-bond acceptors (Lipinski definition) is 5. The van der Waals surface area contributed by atoms with Crippen LogP contribution < -0.4 is 0 Å². The van der Waals surface area contributed by atoms with Crippen LogP contribution in [-0.4, -0.2) is 55.1 Å². The molecule has 3 atom stereocenters. The Morgan fingerprint density at radius 2 is 1.50 bits per heavy atom. The van der Waals surface area contributed by atoms with Crippen LogP contribution >= 0.6 is 0 Å². The second-order valence-corrected chi connectivity index (χ2v) is 4.52. The lowest BCUT2D eigenvalue weighted by Gasteiger charge is -2.17. The minimum Gasteiger partial charge on any atom is -0.391 e. The monoisotopic (exact) mass is 264 g/mol. The van der Waals surface area contributed by atoms with Gasteiger partial charge in [0.05, 0.1) is 25.4 Å². The summed E-state index contributed by atoms with van der Waals surface area (Å²) in [5, 5.41) is 18.1. The van der Waals surface area contributed by atoms with Crippen LogP contribution in [0.3, 0.4) is 0 Å². The molecule has 0 saturated carbocycles. The summed E-state index contributed by atoms with van der Waals surface area (Å²) in [6.07, 6.45) is 1.47. The molecule has 0 saturated heterocycles. The van der Waals surface area contributed by atoms with Gasteiger partial charge in [0.15, 0.2) is 6.29 Å². The van der Waals surface area contributed by atoms with Gasteiger partial charge in [-0.05, 0) is 33.1 Å². The van der Waals surface area contributed by atoms with Gasteiger partial charge in [0, 0.05) is 13.2 Å². The van der Waals surface area contributed by atoms with Crippen LogP contribution in [0.25, 0.3) is 0 Å². The minimum atomic E-state index is -0.462. The summed E-state index contributed by atoms with van der Waals surface area (Å²) >= 11 is 0. The lowest BCUT2D eigenvalue weighted by Crippen LogP contribution is -2.22. The third-order valence-electron chi connectivity index (χ3n) is 2.20. The SMILES string of the molecule is CCC(OCCCCOCC(C)O)OCC(C)O. The van der Waals surface area contributed by atoms with Crippen LogP contribution in [0.5, 0.6) is 0 Å². The average Bonchev–Trinajstić information content (AvgIpc) is 2.31. The van der Waals surface area contributed by atoms with Crippen molar-refractivity contribution >= 4 is 0 Å². The molecule has 0 aromatic carbocycles. The summed E-state index contributed by atoms with van der Waals surface area (Å²) in [4.78, 5) is 0. The highest BCUT2D eigenvalue weighted by Crippen LogP contribution is 2.03. The molecule has 0 heterocycles. The Morgan fingerprint density at radius 3 is 2.06 bits per heavy atom. The van der Waals surface area contributed by atoms with E-state index in [9.17, 15) is 0 Å². The fourth-order valence-corrected chi connectivity index (χ4v) is 1.31. The van der Waals surface area contributed by atoms with E-state index in [1.807, 2.05) is 6.92 Å². The first-order chi connectivity index (χ1) is 8.56. The highest BCUT2D eigenvalue weighted by Gasteiger charge is 2.07. The molecule has 3 unspecified atom stereocenters. The first-order valence-electron chi connectivity index (χ1n) is 6.73. The van der Waals surface area contributed by atoms with Gasteiger partial charge >= 0.3 is 0 Å². The van der Waals surface area contributed by atoms with E-state index in [1.54, 1.807) is 13.8 Å². The Kier molecular flexibility index (Phi) is 11.7. The van der Waals surface area contributed by atoms with Crippen molar-refractivity contribution in [1.29, 1.82) is 0 Å². The Labute approximate surface area is 110 Å². The Balaban J connectivity index is 3.34. The first-order valence-corrected chi connectivity index (χ1v) is 6.73. The summed E-state index contributed by atoms with van der Waals surface area (Å²) in [5.74, 6) is 0. The van der Waals surface area contributed by atoms with E-state index >= 15 is 0 Å². The van der Waals surface area contributed by atoms with E-state index in [4.69, 9.17) is 24.4 Å². The summed E-state index contributed by atoms with van der Waals surface area (Å²) in [6, 6.07) is 0. The predicted octanol–water partition coefficient (Wildman–Crippen LogP) is 1.31. The van der Waals surface area contributed by atoms with Crippen molar-refractivity contribution < 1.29 is 24.4 Å². The van der Waals surface area contributed by atoms with Crippen molar-refractivity contribution in [2.24, 2.45) is 0 Å². The molecule has 5 heteroatoms. The average molecular weight is 264 g/mol. The molecule has 0 rings (SSSR count). The fourth-order valence-electron chi connectivity index (χ4n) is 1.31. The minimum absolute atomic E-state index is 0.238. The van der Waals surface area contributed by atoms with Gasteiger partial charge in [0.25, 0.3) is 0 Å². The van der Waals surface area contributed by atoms with Crippen molar-refractivity contribution in [2.75, 3.05) is 26.4 Å². The molecule has 0 radical (unpaired) electrons. The maximum Gasteiger partial charge on any atom is 0.157 e. The van der Waals surface area contributed by atoms with Gasteiger partial charge in [-0.25, -0.2) is 0 Å². The molecule has 0 fully saturated rings. The standard InChI is InChI=1S/C13H28O5/c1-4-13(18-10-12(3)15)17-8-6-5-7-16-9-11(2)14/h11-15H,4-10H2,1-3H3. The lowest BCUT2D eigenvalue weighted by atomic mass is 10.3. The topological polar surface area (TPSA) is 68.2 Å². The van der Waals surface area contributed by atoms with Crippen LogP contribution in [0.1, 0.15) is 40.0 Å². The number of rotatable bonds is 12. The van der Waals surface area contributed by atoms with Gasteiger partial charge in [0.1, 0.15) is 0 Å². The molecule has 110 valence electrons. The molecular weight excluding hydrogens is 236 g/mol. The van der Waals surface area contributed by atoms with Gasteiger partial charge in [-0.3, -0.25) is 0 Å². The number of unbranched alkanes of at least 4 members (excludes halogenated alkanes) is 1. The molecule has 5 nitrogen and oxygen atoms in total. The largest absolute Gasteiger partial charge is 0.391 e. The fraction of sp³-hybridized carbons (Fsp3) is 1.00. The van der Waals surface area contributed by atoms with Crippen molar-refractivity contribution in [3.63, 3.8) is 0 Å². The maximum atomic E-state index is 9.09. The zero-order valence-electron chi connectivity index (χ0n) is 11.8. The molecule has 0 aromatic heterocycles. The molecule has 2 N–H and O–H groups in total. The van der Waals surface area contributed by atoms with Gasteiger partial charge in [0.2, 0.25) is 0 Å². The molecule has 18 heavy (non-hydrogen) atoms. The Bertz CT molecular complexity index is 173. The molecule has 0 aliphatic carbocycles. The van der Waals surface area contributed by atoms with Crippen LogP contribution in [-0.2, 0) is 14.2 Å². The van der Waals surface area contributed by atoms with E-state index in [-0.39, 0.29) is 6.29 Å². The van der Waals surface area contributed by atoms with Gasteiger partial charge in [-0.2, -0.15) is 0 Å². The smallest absolute Gasteiger partial charge is 0.157 e. The second-order valence-electron chi connectivity index (χ2n) is 4.52. The summed E-state index contributed by atoms with van der Waals surface area (Å²) in [7, 11) is 0. The van der Waals surface area contributed by atoms with Crippen LogP contribution in [0, 0.1) is 0 Å². The normalized spacial score (nSPS) is 16.5. The van der Waals surface area contributed by atoms with Gasteiger partial charge in [-0.15, -0.1) is 0 Å². The number of aliphatic hydroxyl groups excluding tert-OH is 2. The highest BCUT2D eigenvalue weighted by atomic mass is 16.7. The molecule has 0 aliphatic heterocycles. The number of hydrogen-bond donors (Lipinski definition) is 2. The third-order valence-corrected chi connectivity index (χ3v) is 2.20. The predicted molar refractivity (Wildman–Crippen MR) is 69.4 cm³/mol. The third kappa shape index (κ3) is 12.3. The molecule has 0 bridgehead atoms. The molecule has 0 spiro atoms. The lowest BCUT2D eigenvalue weighted by molar-refractivity contribution is -0.157. The highest BCUT2D eigenvalue weighted by molar-refractivity contribution is 4.47. The summed E-state index contributed by atoms with van der Waals surface area (Å²) in [6.45, 7) is 7.32. The zero-order chi connectivity index (χ0) is 13.8. The zero-order valence-corrected chi connectivity index (χ0v) is 11.8. The van der Waals surface area contributed by atoms with E-state index in [2.05, 4.69) is 0 Å². The van der Waals surface area contributed by atoms with Crippen molar-refractivity contribution in [3.05, 3.63) is 0 Å². The van der Waals surface area contributed by atoms with Crippen molar-refractivity contribution in [3.8, 4) is 0 Å². The number of aliphatic hydroxyl groups is 2. The van der Waals surface area contributed by atoms with Crippen LogP contribution in [0.2, 0.25) is 0 Å². The van der Waals surface area contributed by atoms with E-state index < -0.39 is 12.2 Å². The molecule has 0 amide bonds. The summed E-state index contributed by atoms with van der Waals surface area (Å²) < 4.78 is 16.1. The van der Waals surface area contributed by atoms with Crippen molar-refractivity contribution in [1.82, 2.24) is 0 Å². The quantitative estimate of drug-likeness (QED) is 0.411. The van der Waals surface area contributed by atoms with E-state index in [1.165, 1.54) is 0 Å².